The molecule has 0 fully saturated rings. The summed E-state index contributed by atoms with van der Waals surface area (Å²) >= 11 is 0. The average molecular weight is 741 g/mol. The minimum Gasteiger partial charge on any atom is -0.457 e. The molecule has 0 aliphatic carbocycles. The summed E-state index contributed by atoms with van der Waals surface area (Å²) in [6.45, 7) is 1.99. The Morgan fingerprint density at radius 3 is 1.39 bits per heavy atom. The summed E-state index contributed by atoms with van der Waals surface area (Å²) in [4.78, 5) is 34.3. The highest BCUT2D eigenvalue weighted by atomic mass is 31.2. The zero-order valence-corrected chi connectivity index (χ0v) is 32.4. The van der Waals surface area contributed by atoms with Crippen molar-refractivity contribution in [3.8, 4) is 0 Å². The van der Waals surface area contributed by atoms with Crippen LogP contribution >= 0.6 is 7.82 Å². The van der Waals surface area contributed by atoms with Crippen LogP contribution in [0.4, 0.5) is 0 Å². The highest BCUT2D eigenvalue weighted by Gasteiger charge is 2.27. The molecule has 0 rings (SSSR count). The summed E-state index contributed by atoms with van der Waals surface area (Å²) in [6, 6.07) is 0. The van der Waals surface area contributed by atoms with Crippen molar-refractivity contribution in [2.24, 2.45) is 0 Å². The number of aliphatic hydroxyl groups is 2. The fourth-order valence-electron chi connectivity index (χ4n) is 4.75. The molecule has 0 radical (unpaired) electrons. The van der Waals surface area contributed by atoms with Crippen molar-refractivity contribution in [1.82, 2.24) is 0 Å². The van der Waals surface area contributed by atoms with Gasteiger partial charge in [-0.25, -0.2) is 4.57 Å². The number of aliphatic hydroxyl groups excluding tert-OH is 2. The van der Waals surface area contributed by atoms with Gasteiger partial charge in [-0.15, -0.1) is 0 Å². The quantitative estimate of drug-likeness (QED) is 0.0248. The Morgan fingerprint density at radius 1 is 0.549 bits per heavy atom. The van der Waals surface area contributed by atoms with Crippen LogP contribution in [0.1, 0.15) is 142 Å². The lowest BCUT2D eigenvalue weighted by Gasteiger charge is -2.20. The van der Waals surface area contributed by atoms with Gasteiger partial charge in [-0.1, -0.05) is 113 Å². The van der Waals surface area contributed by atoms with Gasteiger partial charge in [0.2, 0.25) is 0 Å². The SMILES string of the molecule is CC/C=C\C/C=C\C/C=C\C/C=C\CCCCC(=O)OC(CO)COP(=O)(O)OCC(CO)OC(=O)CCCCCCC/C=C\CCCCCC. The highest BCUT2D eigenvalue weighted by Crippen LogP contribution is 2.43. The first kappa shape index (κ1) is 48.7. The molecular weight excluding hydrogens is 671 g/mol. The minimum atomic E-state index is -4.65. The Hall–Kier alpha value is -2.33. The third kappa shape index (κ3) is 34.5. The van der Waals surface area contributed by atoms with E-state index >= 15 is 0 Å². The third-order valence-corrected chi connectivity index (χ3v) is 8.66. The van der Waals surface area contributed by atoms with Crippen molar-refractivity contribution in [3.63, 3.8) is 0 Å². The molecule has 0 heterocycles. The maximum Gasteiger partial charge on any atom is 0.472 e. The van der Waals surface area contributed by atoms with Crippen molar-refractivity contribution < 1.29 is 47.8 Å². The predicted molar refractivity (Wildman–Crippen MR) is 205 cm³/mol. The molecular formula is C40H69O10P. The summed E-state index contributed by atoms with van der Waals surface area (Å²) in [7, 11) is -4.65. The second kappa shape index (κ2) is 36.0. The Kier molecular flexibility index (Phi) is 34.4. The van der Waals surface area contributed by atoms with Crippen LogP contribution in [0.5, 0.6) is 0 Å². The van der Waals surface area contributed by atoms with Gasteiger partial charge in [0.1, 0.15) is 12.2 Å². The largest absolute Gasteiger partial charge is 0.472 e. The number of rotatable bonds is 35. The van der Waals surface area contributed by atoms with Crippen molar-refractivity contribution in [3.05, 3.63) is 60.8 Å². The lowest BCUT2D eigenvalue weighted by atomic mass is 10.1. The van der Waals surface area contributed by atoms with Crippen LogP contribution < -0.4 is 0 Å². The molecule has 0 amide bonds. The van der Waals surface area contributed by atoms with Gasteiger partial charge < -0.3 is 24.6 Å². The topological polar surface area (TPSA) is 149 Å². The molecule has 0 aliphatic rings. The number of allylic oxidation sites excluding steroid dienone is 10. The number of carbonyl (C=O) groups excluding carboxylic acids is 2. The monoisotopic (exact) mass is 740 g/mol. The normalized spacial score (nSPS) is 14.7. The van der Waals surface area contributed by atoms with E-state index < -0.39 is 58.4 Å². The molecule has 0 saturated carbocycles. The summed E-state index contributed by atoms with van der Waals surface area (Å²) < 4.78 is 32.4. The van der Waals surface area contributed by atoms with E-state index in [0.29, 0.717) is 12.8 Å². The van der Waals surface area contributed by atoms with Crippen LogP contribution in [0.15, 0.2) is 60.8 Å². The molecule has 3 unspecified atom stereocenters. The Balaban J connectivity index is 4.07. The zero-order valence-electron chi connectivity index (χ0n) is 31.5. The fraction of sp³-hybridized carbons (Fsp3) is 0.700. The summed E-state index contributed by atoms with van der Waals surface area (Å²) in [5.74, 6) is -1.08. The molecule has 3 atom stereocenters. The third-order valence-electron chi connectivity index (χ3n) is 7.71. The number of unbranched alkanes of at least 4 members (excludes halogenated alkanes) is 11. The molecule has 10 nitrogen and oxygen atoms in total. The van der Waals surface area contributed by atoms with Crippen LogP contribution in [0.3, 0.4) is 0 Å². The van der Waals surface area contributed by atoms with E-state index in [1.807, 2.05) is 0 Å². The van der Waals surface area contributed by atoms with Gasteiger partial charge in [0.05, 0.1) is 26.4 Å². The van der Waals surface area contributed by atoms with Gasteiger partial charge in [0, 0.05) is 12.8 Å². The molecule has 294 valence electrons. The van der Waals surface area contributed by atoms with Gasteiger partial charge in [-0.3, -0.25) is 18.6 Å². The van der Waals surface area contributed by atoms with E-state index in [4.69, 9.17) is 18.5 Å². The lowest BCUT2D eigenvalue weighted by Crippen LogP contribution is -2.28. The van der Waals surface area contributed by atoms with E-state index in [1.54, 1.807) is 0 Å². The molecule has 0 aliphatic heterocycles. The molecule has 3 N–H and O–H groups in total. The van der Waals surface area contributed by atoms with E-state index in [2.05, 4.69) is 74.6 Å². The standard InChI is InChI=1S/C40H69O10P/c1-3-5-7-9-11-13-15-17-18-20-22-24-26-28-30-32-40(44)50-38(34-42)36-48-51(45,46)47-35-37(33-41)49-39(43)31-29-27-25-23-21-19-16-14-12-10-8-6-4-2/h5,7,11,13-14,16-18,22,24,37-38,41-42H,3-4,6,8-10,12,15,19-21,23,25-36H2,1-2H3,(H,45,46)/b7-5-,13-11-,16-14-,18-17-,24-22-. The van der Waals surface area contributed by atoms with Crippen molar-refractivity contribution in [2.75, 3.05) is 26.4 Å². The lowest BCUT2D eigenvalue weighted by molar-refractivity contribution is -0.153. The van der Waals surface area contributed by atoms with Crippen LogP contribution in [-0.4, -0.2) is 65.7 Å². The van der Waals surface area contributed by atoms with Gasteiger partial charge >= 0.3 is 19.8 Å². The van der Waals surface area contributed by atoms with Gasteiger partial charge in [-0.05, 0) is 77.0 Å². The van der Waals surface area contributed by atoms with Gasteiger partial charge in [0.25, 0.3) is 0 Å². The van der Waals surface area contributed by atoms with Crippen molar-refractivity contribution in [2.45, 2.75) is 154 Å². The van der Waals surface area contributed by atoms with Crippen LogP contribution in [0.2, 0.25) is 0 Å². The average Bonchev–Trinajstić information content (AvgIpc) is 3.12. The number of phosphoric ester groups is 1. The van der Waals surface area contributed by atoms with Crippen LogP contribution in [-0.2, 0) is 32.7 Å². The second-order valence-electron chi connectivity index (χ2n) is 12.5. The summed E-state index contributed by atoms with van der Waals surface area (Å²) in [5, 5.41) is 19.1. The first-order valence-corrected chi connectivity index (χ1v) is 20.7. The number of esters is 2. The molecule has 0 aromatic heterocycles. The number of ether oxygens (including phenoxy) is 2. The van der Waals surface area contributed by atoms with Crippen LogP contribution in [0.25, 0.3) is 0 Å². The molecule has 0 spiro atoms. The Bertz CT molecular complexity index is 1040. The van der Waals surface area contributed by atoms with Gasteiger partial charge in [0.15, 0.2) is 0 Å². The zero-order chi connectivity index (χ0) is 37.7. The number of phosphoric acid groups is 1. The Morgan fingerprint density at radius 2 is 0.922 bits per heavy atom. The molecule has 0 aromatic carbocycles. The maximum absolute atomic E-state index is 12.3. The van der Waals surface area contributed by atoms with E-state index in [0.717, 1.165) is 77.0 Å². The summed E-state index contributed by atoms with van der Waals surface area (Å²) in [6.07, 6.45) is 37.7. The highest BCUT2D eigenvalue weighted by molar-refractivity contribution is 7.47. The predicted octanol–water partition coefficient (Wildman–Crippen LogP) is 9.55. The first-order valence-electron chi connectivity index (χ1n) is 19.2. The molecule has 0 bridgehead atoms. The number of carbonyl (C=O) groups is 2. The fourth-order valence-corrected chi connectivity index (χ4v) is 5.53. The Labute approximate surface area is 308 Å². The van der Waals surface area contributed by atoms with Crippen LogP contribution in [0, 0.1) is 0 Å². The van der Waals surface area contributed by atoms with Crippen molar-refractivity contribution >= 4 is 19.8 Å². The number of hydrogen-bond donors (Lipinski definition) is 3. The van der Waals surface area contributed by atoms with E-state index in [9.17, 15) is 29.3 Å². The summed E-state index contributed by atoms with van der Waals surface area (Å²) in [5.41, 5.74) is 0. The van der Waals surface area contributed by atoms with Gasteiger partial charge in [-0.2, -0.15) is 0 Å². The molecule has 0 saturated heterocycles. The van der Waals surface area contributed by atoms with E-state index in [1.165, 1.54) is 25.7 Å². The number of hydrogen-bond acceptors (Lipinski definition) is 9. The van der Waals surface area contributed by atoms with Crippen molar-refractivity contribution in [1.29, 1.82) is 0 Å². The molecule has 0 aromatic rings. The van der Waals surface area contributed by atoms with E-state index in [-0.39, 0.29) is 12.8 Å². The first-order chi connectivity index (χ1) is 24.8. The minimum absolute atomic E-state index is 0.137. The maximum atomic E-state index is 12.3. The molecule has 51 heavy (non-hydrogen) atoms. The molecule has 11 heteroatoms. The second-order valence-corrected chi connectivity index (χ2v) is 14.0. The smallest absolute Gasteiger partial charge is 0.457 e.